The minimum absolute atomic E-state index is 0.00401. The highest BCUT2D eigenvalue weighted by Crippen LogP contribution is 2.40. The van der Waals surface area contributed by atoms with Gasteiger partial charge in [-0.25, -0.2) is 4.39 Å². The van der Waals surface area contributed by atoms with Crippen molar-refractivity contribution in [3.63, 3.8) is 0 Å². The first-order valence-electron chi connectivity index (χ1n) is 5.93. The van der Waals surface area contributed by atoms with E-state index in [9.17, 15) is 17.6 Å². The number of hydrogen-bond acceptors (Lipinski definition) is 1. The molecule has 0 spiro atoms. The first-order chi connectivity index (χ1) is 9.34. The number of thiophene rings is 1. The average molecular weight is 367 g/mol. The lowest BCUT2D eigenvalue weighted by atomic mass is 10.1. The summed E-state index contributed by atoms with van der Waals surface area (Å²) >= 11 is 4.75. The molecule has 1 atom stereocenters. The van der Waals surface area contributed by atoms with Crippen LogP contribution in [-0.2, 0) is 12.6 Å². The van der Waals surface area contributed by atoms with Crippen molar-refractivity contribution in [1.82, 2.24) is 0 Å². The second kappa shape index (κ2) is 5.85. The van der Waals surface area contributed by atoms with Crippen molar-refractivity contribution in [2.45, 2.75) is 24.3 Å². The summed E-state index contributed by atoms with van der Waals surface area (Å²) in [5.74, 6) is -1.21. The Labute approximate surface area is 126 Å². The van der Waals surface area contributed by atoms with E-state index in [1.54, 1.807) is 0 Å². The van der Waals surface area contributed by atoms with Gasteiger partial charge >= 0.3 is 6.18 Å². The van der Waals surface area contributed by atoms with Crippen LogP contribution in [0.25, 0.3) is 0 Å². The average Bonchev–Trinajstić information content (AvgIpc) is 2.85. The van der Waals surface area contributed by atoms with E-state index < -0.39 is 22.4 Å². The van der Waals surface area contributed by atoms with Gasteiger partial charge in [-0.3, -0.25) is 0 Å². The molecule has 1 heterocycles. The molecule has 0 aliphatic carbocycles. The van der Waals surface area contributed by atoms with Gasteiger partial charge in [0.2, 0.25) is 0 Å². The topological polar surface area (TPSA) is 0 Å². The van der Waals surface area contributed by atoms with Gasteiger partial charge < -0.3 is 0 Å². The van der Waals surface area contributed by atoms with Gasteiger partial charge in [0.05, 0.1) is 10.4 Å². The first kappa shape index (κ1) is 15.5. The summed E-state index contributed by atoms with van der Waals surface area (Å²) in [5, 5.41) is 0. The van der Waals surface area contributed by atoms with E-state index in [0.717, 1.165) is 22.2 Å². The molecule has 1 aromatic heterocycles. The summed E-state index contributed by atoms with van der Waals surface area (Å²) in [6, 6.07) is 7.06. The van der Waals surface area contributed by atoms with Gasteiger partial charge in [-0.1, -0.05) is 35.0 Å². The van der Waals surface area contributed by atoms with Gasteiger partial charge in [0.25, 0.3) is 0 Å². The van der Waals surface area contributed by atoms with E-state index in [4.69, 9.17) is 0 Å². The normalized spacial score (nSPS) is 13.5. The monoisotopic (exact) mass is 366 g/mol. The zero-order valence-electron chi connectivity index (χ0n) is 10.5. The third-order valence-electron chi connectivity index (χ3n) is 2.89. The zero-order valence-corrected chi connectivity index (χ0v) is 12.9. The quantitative estimate of drug-likeness (QED) is 0.464. The Morgan fingerprint density at radius 3 is 2.45 bits per heavy atom. The largest absolute Gasteiger partial charge is 0.419 e. The number of benzene rings is 1. The second-order valence-electron chi connectivity index (χ2n) is 4.23. The maximum Gasteiger partial charge on any atom is 0.419 e. The summed E-state index contributed by atoms with van der Waals surface area (Å²) in [4.78, 5) is 1.33. The summed E-state index contributed by atoms with van der Waals surface area (Å²) in [6.07, 6.45) is -3.84. The Balaban J connectivity index is 2.42. The molecule has 20 heavy (non-hydrogen) atoms. The lowest BCUT2D eigenvalue weighted by Crippen LogP contribution is -2.10. The smallest absolute Gasteiger partial charge is 0.206 e. The molecule has 0 amide bonds. The van der Waals surface area contributed by atoms with E-state index >= 15 is 0 Å². The molecule has 0 bridgehead atoms. The number of alkyl halides is 4. The minimum Gasteiger partial charge on any atom is -0.206 e. The SMILES string of the molecule is CCc1ccc(C(Br)c2cccc(C(F)(F)F)c2F)s1. The van der Waals surface area contributed by atoms with E-state index in [1.807, 2.05) is 19.1 Å². The molecule has 0 radical (unpaired) electrons. The fourth-order valence-electron chi connectivity index (χ4n) is 1.84. The van der Waals surface area contributed by atoms with Crippen LogP contribution < -0.4 is 0 Å². The van der Waals surface area contributed by atoms with Crippen LogP contribution in [0.1, 0.15) is 32.6 Å². The molecule has 0 aliphatic heterocycles. The lowest BCUT2D eigenvalue weighted by molar-refractivity contribution is -0.140. The third kappa shape index (κ3) is 3.06. The summed E-state index contributed by atoms with van der Waals surface area (Å²) in [7, 11) is 0. The van der Waals surface area contributed by atoms with Crippen LogP contribution in [0.2, 0.25) is 0 Å². The molecule has 2 aromatic rings. The van der Waals surface area contributed by atoms with Gasteiger partial charge in [0, 0.05) is 15.3 Å². The third-order valence-corrected chi connectivity index (χ3v) is 5.47. The van der Waals surface area contributed by atoms with E-state index in [0.29, 0.717) is 0 Å². The molecule has 0 N–H and O–H groups in total. The van der Waals surface area contributed by atoms with Gasteiger partial charge in [0.1, 0.15) is 5.82 Å². The summed E-state index contributed by atoms with van der Waals surface area (Å²) in [6.45, 7) is 1.99. The lowest BCUT2D eigenvalue weighted by Gasteiger charge is -2.14. The Morgan fingerprint density at radius 1 is 1.20 bits per heavy atom. The molecule has 0 nitrogen and oxygen atoms in total. The fourth-order valence-corrected chi connectivity index (χ4v) is 3.57. The van der Waals surface area contributed by atoms with Crippen LogP contribution >= 0.6 is 27.3 Å². The van der Waals surface area contributed by atoms with Crippen molar-refractivity contribution in [1.29, 1.82) is 0 Å². The van der Waals surface area contributed by atoms with Crippen LogP contribution in [0.4, 0.5) is 17.6 Å². The molecular weight excluding hydrogens is 356 g/mol. The predicted molar refractivity (Wildman–Crippen MR) is 75.9 cm³/mol. The minimum atomic E-state index is -4.68. The molecule has 0 saturated carbocycles. The summed E-state index contributed by atoms with van der Waals surface area (Å²) < 4.78 is 52.1. The van der Waals surface area contributed by atoms with E-state index in [2.05, 4.69) is 15.9 Å². The maximum atomic E-state index is 14.0. The second-order valence-corrected chi connectivity index (χ2v) is 6.34. The number of halogens is 5. The molecule has 6 heteroatoms. The van der Waals surface area contributed by atoms with Crippen LogP contribution in [0.5, 0.6) is 0 Å². The van der Waals surface area contributed by atoms with Crippen molar-refractivity contribution < 1.29 is 17.6 Å². The number of hydrogen-bond donors (Lipinski definition) is 0. The number of rotatable bonds is 3. The zero-order chi connectivity index (χ0) is 14.9. The Morgan fingerprint density at radius 2 is 1.90 bits per heavy atom. The van der Waals surface area contributed by atoms with Crippen LogP contribution in [-0.4, -0.2) is 0 Å². The van der Waals surface area contributed by atoms with Crippen molar-refractivity contribution in [2.75, 3.05) is 0 Å². The molecule has 0 saturated heterocycles. The molecular formula is C14H11BrF4S. The van der Waals surface area contributed by atoms with Crippen LogP contribution in [0, 0.1) is 5.82 Å². The predicted octanol–water partition coefficient (Wildman–Crippen LogP) is 5.95. The highest BCUT2D eigenvalue weighted by molar-refractivity contribution is 9.09. The maximum absolute atomic E-state index is 14.0. The van der Waals surface area contributed by atoms with Crippen molar-refractivity contribution in [3.05, 3.63) is 57.0 Å². The van der Waals surface area contributed by atoms with Crippen molar-refractivity contribution in [3.8, 4) is 0 Å². The first-order valence-corrected chi connectivity index (χ1v) is 7.66. The van der Waals surface area contributed by atoms with Crippen LogP contribution in [0.15, 0.2) is 30.3 Å². The van der Waals surface area contributed by atoms with E-state index in [1.165, 1.54) is 23.5 Å². The van der Waals surface area contributed by atoms with Gasteiger partial charge in [-0.05, 0) is 24.6 Å². The Kier molecular flexibility index (Phi) is 4.54. The van der Waals surface area contributed by atoms with Gasteiger partial charge in [0.15, 0.2) is 0 Å². The highest BCUT2D eigenvalue weighted by Gasteiger charge is 2.35. The molecule has 2 rings (SSSR count). The Hall–Kier alpha value is -0.880. The fraction of sp³-hybridized carbons (Fsp3) is 0.286. The highest BCUT2D eigenvalue weighted by atomic mass is 79.9. The molecule has 108 valence electrons. The molecule has 1 unspecified atom stereocenters. The number of aryl methyl sites for hydroxylation is 1. The van der Waals surface area contributed by atoms with Crippen molar-refractivity contribution in [2.24, 2.45) is 0 Å². The molecule has 1 aromatic carbocycles. The molecule has 0 aliphatic rings. The molecule has 0 fully saturated rings. The van der Waals surface area contributed by atoms with Gasteiger partial charge in [-0.15, -0.1) is 11.3 Å². The standard InChI is InChI=1S/C14H11BrF4S/c1-2-8-6-7-11(20-8)12(15)9-4-3-5-10(13(9)16)14(17,18)19/h3-7,12H,2H2,1H3. The van der Waals surface area contributed by atoms with Crippen LogP contribution in [0.3, 0.4) is 0 Å². The van der Waals surface area contributed by atoms with Gasteiger partial charge in [-0.2, -0.15) is 13.2 Å². The summed E-state index contributed by atoms with van der Waals surface area (Å²) in [5.41, 5.74) is -1.23. The Bertz CT molecular complexity index is 603. The van der Waals surface area contributed by atoms with Crippen molar-refractivity contribution >= 4 is 27.3 Å². The van der Waals surface area contributed by atoms with E-state index in [-0.39, 0.29) is 5.56 Å².